The van der Waals surface area contributed by atoms with Gasteiger partial charge in [0, 0.05) is 13.0 Å². The Bertz CT molecular complexity index is 761. The molecule has 0 radical (unpaired) electrons. The molecule has 1 fully saturated rings. The first-order chi connectivity index (χ1) is 11.1. The number of aryl methyl sites for hydroxylation is 2. The lowest BCUT2D eigenvalue weighted by Gasteiger charge is -2.22. The Hall–Kier alpha value is -1.97. The number of hydrogen-bond acceptors (Lipinski definition) is 6. The molecule has 132 valence electrons. The summed E-state index contributed by atoms with van der Waals surface area (Å²) in [5, 5.41) is 9.80. The molecule has 1 aliphatic rings. The second kappa shape index (κ2) is 6.88. The lowest BCUT2D eigenvalue weighted by Crippen LogP contribution is -2.42. The van der Waals surface area contributed by atoms with E-state index in [0.29, 0.717) is 0 Å². The number of amides is 1. The van der Waals surface area contributed by atoms with Crippen LogP contribution in [0.2, 0.25) is 0 Å². The molecule has 2 rings (SSSR count). The van der Waals surface area contributed by atoms with Crippen LogP contribution in [0.4, 0.5) is 0 Å². The fourth-order valence-electron chi connectivity index (χ4n) is 2.51. The van der Waals surface area contributed by atoms with Crippen molar-refractivity contribution in [3.63, 3.8) is 0 Å². The van der Waals surface area contributed by atoms with E-state index in [1.165, 1.54) is 12.1 Å². The molecule has 1 aromatic carbocycles. The summed E-state index contributed by atoms with van der Waals surface area (Å²) in [5.41, 5.74) is 6.64. The topological polar surface area (TPSA) is 127 Å². The fraction of sp³-hybridized carbons (Fsp3) is 0.467. The van der Waals surface area contributed by atoms with Gasteiger partial charge in [-0.2, -0.15) is 4.31 Å². The van der Waals surface area contributed by atoms with Crippen molar-refractivity contribution in [2.24, 2.45) is 5.73 Å². The van der Waals surface area contributed by atoms with Crippen LogP contribution in [0.3, 0.4) is 0 Å². The normalized spacial score (nSPS) is 21.6. The number of aliphatic hydroxyl groups excluding tert-OH is 1. The molecule has 1 aliphatic heterocycles. The number of aliphatic hydroxyl groups is 1. The standard InChI is InChI=1S/C15H20N2O6S/c1-9-3-4-12(5-10(9)2)24(21,22)17-7-11(18)6-13(17)15(20)23-8-14(16)19/h3-5,11,13,18H,6-8H2,1-2H3,(H2,16,19)/t11?,13-/m0/s1. The van der Waals surface area contributed by atoms with Gasteiger partial charge in [-0.1, -0.05) is 6.07 Å². The molecule has 8 nitrogen and oxygen atoms in total. The van der Waals surface area contributed by atoms with Crippen molar-refractivity contribution >= 4 is 21.9 Å². The average molecular weight is 356 g/mol. The van der Waals surface area contributed by atoms with E-state index in [1.54, 1.807) is 13.0 Å². The lowest BCUT2D eigenvalue weighted by atomic mass is 10.1. The maximum Gasteiger partial charge on any atom is 0.325 e. The van der Waals surface area contributed by atoms with E-state index in [1.807, 2.05) is 6.92 Å². The minimum Gasteiger partial charge on any atom is -0.454 e. The van der Waals surface area contributed by atoms with Crippen molar-refractivity contribution in [2.45, 2.75) is 37.3 Å². The number of β-amino-alcohol motifs (C(OH)–C–C–N with tert-alkyl or cyclic N) is 1. The number of sulfonamides is 1. The largest absolute Gasteiger partial charge is 0.454 e. The number of nitrogens with zero attached hydrogens (tertiary/aromatic N) is 1. The molecule has 2 atom stereocenters. The second-order valence-corrected chi connectivity index (χ2v) is 7.69. The molecule has 0 saturated carbocycles. The maximum absolute atomic E-state index is 12.8. The molecule has 9 heteroatoms. The predicted molar refractivity (Wildman–Crippen MR) is 84.4 cm³/mol. The molecule has 1 aromatic rings. The van der Waals surface area contributed by atoms with E-state index in [-0.39, 0.29) is 17.9 Å². The maximum atomic E-state index is 12.8. The van der Waals surface area contributed by atoms with Gasteiger partial charge in [-0.05, 0) is 37.1 Å². The van der Waals surface area contributed by atoms with Crippen LogP contribution >= 0.6 is 0 Å². The van der Waals surface area contributed by atoms with E-state index >= 15 is 0 Å². The Labute approximate surface area is 140 Å². The molecule has 3 N–H and O–H groups in total. The van der Waals surface area contributed by atoms with Crippen molar-refractivity contribution in [2.75, 3.05) is 13.2 Å². The molecular weight excluding hydrogens is 336 g/mol. The highest BCUT2D eigenvalue weighted by Gasteiger charge is 2.44. The van der Waals surface area contributed by atoms with Gasteiger partial charge in [-0.25, -0.2) is 8.42 Å². The number of ether oxygens (including phenoxy) is 1. The highest BCUT2D eigenvalue weighted by atomic mass is 32.2. The van der Waals surface area contributed by atoms with E-state index in [4.69, 9.17) is 10.5 Å². The van der Waals surface area contributed by atoms with Crippen molar-refractivity contribution in [1.82, 2.24) is 4.31 Å². The Morgan fingerprint density at radius 3 is 2.58 bits per heavy atom. The summed E-state index contributed by atoms with van der Waals surface area (Å²) in [4.78, 5) is 22.8. The third-order valence-electron chi connectivity index (χ3n) is 3.95. The van der Waals surface area contributed by atoms with Gasteiger partial charge in [0.15, 0.2) is 6.61 Å². The highest BCUT2D eigenvalue weighted by molar-refractivity contribution is 7.89. The number of carbonyl (C=O) groups excluding carboxylic acids is 2. The van der Waals surface area contributed by atoms with Crippen LogP contribution in [-0.4, -0.2) is 55.0 Å². The molecule has 0 bridgehead atoms. The number of nitrogens with two attached hydrogens (primary N) is 1. The molecule has 0 spiro atoms. The van der Waals surface area contributed by atoms with Crippen molar-refractivity contribution in [3.05, 3.63) is 29.3 Å². The van der Waals surface area contributed by atoms with Crippen molar-refractivity contribution < 1.29 is 27.9 Å². The van der Waals surface area contributed by atoms with Gasteiger partial charge in [0.05, 0.1) is 11.0 Å². The summed E-state index contributed by atoms with van der Waals surface area (Å²) < 4.78 is 31.2. The van der Waals surface area contributed by atoms with Gasteiger partial charge in [0.25, 0.3) is 5.91 Å². The number of hydrogen-bond donors (Lipinski definition) is 2. The number of primary amides is 1. The summed E-state index contributed by atoms with van der Waals surface area (Å²) in [5.74, 6) is -1.75. The molecular formula is C15H20N2O6S. The third kappa shape index (κ3) is 3.74. The number of carbonyl (C=O) groups is 2. The smallest absolute Gasteiger partial charge is 0.325 e. The van der Waals surface area contributed by atoms with E-state index < -0.39 is 40.7 Å². The lowest BCUT2D eigenvalue weighted by molar-refractivity contribution is -0.151. The monoisotopic (exact) mass is 356 g/mol. The summed E-state index contributed by atoms with van der Waals surface area (Å²) in [6.45, 7) is 2.79. The van der Waals surface area contributed by atoms with E-state index in [0.717, 1.165) is 15.4 Å². The SMILES string of the molecule is Cc1ccc(S(=O)(=O)N2CC(O)C[C@H]2C(=O)OCC(N)=O)cc1C. The van der Waals surface area contributed by atoms with Gasteiger partial charge in [-0.3, -0.25) is 9.59 Å². The number of esters is 1. The Morgan fingerprint density at radius 1 is 1.33 bits per heavy atom. The van der Waals surface area contributed by atoms with Crippen molar-refractivity contribution in [3.8, 4) is 0 Å². The van der Waals surface area contributed by atoms with Crippen LogP contribution in [-0.2, 0) is 24.3 Å². The molecule has 0 aliphatic carbocycles. The Morgan fingerprint density at radius 2 is 2.00 bits per heavy atom. The molecule has 0 aromatic heterocycles. The van der Waals surface area contributed by atoms with Crippen LogP contribution in [0.5, 0.6) is 0 Å². The molecule has 1 heterocycles. The molecule has 1 amide bonds. The summed E-state index contributed by atoms with van der Waals surface area (Å²) in [7, 11) is -3.99. The Balaban J connectivity index is 2.30. The van der Waals surface area contributed by atoms with Crippen LogP contribution in [0.15, 0.2) is 23.1 Å². The summed E-state index contributed by atoms with van der Waals surface area (Å²) in [6, 6.07) is 3.45. The van der Waals surface area contributed by atoms with Crippen LogP contribution in [0.25, 0.3) is 0 Å². The van der Waals surface area contributed by atoms with Crippen LogP contribution in [0, 0.1) is 13.8 Å². The zero-order valence-corrected chi connectivity index (χ0v) is 14.2. The van der Waals surface area contributed by atoms with Crippen molar-refractivity contribution in [1.29, 1.82) is 0 Å². The summed E-state index contributed by atoms with van der Waals surface area (Å²) >= 11 is 0. The van der Waals surface area contributed by atoms with Crippen LogP contribution < -0.4 is 5.73 Å². The zero-order chi connectivity index (χ0) is 18.1. The first-order valence-corrected chi connectivity index (χ1v) is 8.79. The predicted octanol–water partition coefficient (Wildman–Crippen LogP) is -0.544. The molecule has 1 unspecified atom stereocenters. The van der Waals surface area contributed by atoms with Gasteiger partial charge in [0.2, 0.25) is 10.0 Å². The highest BCUT2D eigenvalue weighted by Crippen LogP contribution is 2.28. The quantitative estimate of drug-likeness (QED) is 0.682. The van der Waals surface area contributed by atoms with Crippen LogP contribution in [0.1, 0.15) is 17.5 Å². The number of benzene rings is 1. The third-order valence-corrected chi connectivity index (χ3v) is 5.82. The fourth-order valence-corrected chi connectivity index (χ4v) is 4.22. The second-order valence-electron chi connectivity index (χ2n) is 5.80. The van der Waals surface area contributed by atoms with E-state index in [2.05, 4.69) is 0 Å². The molecule has 24 heavy (non-hydrogen) atoms. The Kier molecular flexibility index (Phi) is 5.26. The summed E-state index contributed by atoms with van der Waals surface area (Å²) in [6.07, 6.45) is -1.08. The first kappa shape index (κ1) is 18.4. The average Bonchev–Trinajstić information content (AvgIpc) is 2.90. The van der Waals surface area contributed by atoms with Gasteiger partial charge in [0.1, 0.15) is 6.04 Å². The zero-order valence-electron chi connectivity index (χ0n) is 13.4. The van der Waals surface area contributed by atoms with Gasteiger partial charge < -0.3 is 15.6 Å². The minimum absolute atomic E-state index is 0.0346. The first-order valence-electron chi connectivity index (χ1n) is 7.35. The molecule has 1 saturated heterocycles. The minimum atomic E-state index is -3.99. The van der Waals surface area contributed by atoms with Gasteiger partial charge >= 0.3 is 5.97 Å². The van der Waals surface area contributed by atoms with E-state index in [9.17, 15) is 23.1 Å². The van der Waals surface area contributed by atoms with Gasteiger partial charge in [-0.15, -0.1) is 0 Å². The number of rotatable bonds is 5.